The van der Waals surface area contributed by atoms with Crippen LogP contribution in [-0.2, 0) is 10.0 Å². The van der Waals surface area contributed by atoms with Crippen LogP contribution in [0.2, 0.25) is 0 Å². The van der Waals surface area contributed by atoms with Crippen LogP contribution in [0.5, 0.6) is 0 Å². The van der Waals surface area contributed by atoms with E-state index < -0.39 is 14.9 Å². The van der Waals surface area contributed by atoms with Gasteiger partial charge in [0.1, 0.15) is 0 Å². The van der Waals surface area contributed by atoms with Crippen LogP contribution in [0.4, 0.5) is 11.4 Å². The second-order valence-electron chi connectivity index (χ2n) is 6.57. The molecule has 0 aromatic heterocycles. The van der Waals surface area contributed by atoms with Crippen molar-refractivity contribution in [1.29, 1.82) is 0 Å². The summed E-state index contributed by atoms with van der Waals surface area (Å²) in [6.07, 6.45) is 0. The van der Waals surface area contributed by atoms with Crippen LogP contribution < -0.4 is 9.62 Å². The number of anilines is 1. The molecule has 0 aliphatic carbocycles. The van der Waals surface area contributed by atoms with Crippen LogP contribution >= 0.6 is 0 Å². The van der Waals surface area contributed by atoms with Crippen molar-refractivity contribution in [2.45, 2.75) is 10.9 Å². The number of rotatable bonds is 8. The number of hydrogen-bond donors (Lipinski definition) is 1. The van der Waals surface area contributed by atoms with Crippen molar-refractivity contribution in [3.8, 4) is 0 Å². The lowest BCUT2D eigenvalue weighted by atomic mass is 10.1. The molecular formula is C18H24N4O4S. The molecule has 0 heterocycles. The first-order valence-electron chi connectivity index (χ1n) is 8.29. The molecule has 0 aliphatic rings. The van der Waals surface area contributed by atoms with Crippen molar-refractivity contribution in [2.24, 2.45) is 0 Å². The monoisotopic (exact) mass is 392 g/mol. The van der Waals surface area contributed by atoms with Crippen molar-refractivity contribution in [3.05, 3.63) is 64.2 Å². The van der Waals surface area contributed by atoms with E-state index in [1.54, 1.807) is 0 Å². The number of non-ortho nitro benzene ring substituents is 1. The van der Waals surface area contributed by atoms with Gasteiger partial charge in [0.05, 0.1) is 9.82 Å². The summed E-state index contributed by atoms with van der Waals surface area (Å²) in [7, 11) is 3.90. The van der Waals surface area contributed by atoms with Gasteiger partial charge < -0.3 is 9.80 Å². The number of hydrogen-bond acceptors (Lipinski definition) is 6. The molecule has 0 aliphatic heterocycles. The zero-order valence-electron chi connectivity index (χ0n) is 15.8. The van der Waals surface area contributed by atoms with Gasteiger partial charge in [0.25, 0.3) is 5.69 Å². The van der Waals surface area contributed by atoms with Gasteiger partial charge in [-0.3, -0.25) is 10.1 Å². The quantitative estimate of drug-likeness (QED) is 0.547. The molecule has 27 heavy (non-hydrogen) atoms. The average molecular weight is 392 g/mol. The topological polar surface area (TPSA) is 95.8 Å². The van der Waals surface area contributed by atoms with Crippen molar-refractivity contribution in [1.82, 2.24) is 9.62 Å². The Bertz CT molecular complexity index is 879. The molecule has 146 valence electrons. The van der Waals surface area contributed by atoms with Gasteiger partial charge in [0.2, 0.25) is 10.0 Å². The Morgan fingerprint density at radius 1 is 1.00 bits per heavy atom. The SMILES string of the molecule is CN(C)c1ccc([C@H](CNS(=O)(=O)c2ccc([N+](=O)[O-])cc2)N(C)C)cc1. The molecule has 0 amide bonds. The molecule has 1 atom stereocenters. The van der Waals surface area contributed by atoms with E-state index in [0.717, 1.165) is 11.3 Å². The van der Waals surface area contributed by atoms with Crippen LogP contribution in [0.3, 0.4) is 0 Å². The summed E-state index contributed by atoms with van der Waals surface area (Å²) in [6.45, 7) is 0.174. The van der Waals surface area contributed by atoms with Gasteiger partial charge in [-0.05, 0) is 43.9 Å². The summed E-state index contributed by atoms with van der Waals surface area (Å²) in [5, 5.41) is 10.7. The Labute approximate surface area is 159 Å². The molecular weight excluding hydrogens is 368 g/mol. The highest BCUT2D eigenvalue weighted by Gasteiger charge is 2.20. The second-order valence-corrected chi connectivity index (χ2v) is 8.34. The van der Waals surface area contributed by atoms with E-state index in [2.05, 4.69) is 4.72 Å². The fourth-order valence-corrected chi connectivity index (χ4v) is 3.65. The van der Waals surface area contributed by atoms with Crippen LogP contribution in [0.25, 0.3) is 0 Å². The fraction of sp³-hybridized carbons (Fsp3) is 0.333. The molecule has 2 aromatic rings. The molecule has 0 unspecified atom stereocenters. The molecule has 0 bridgehead atoms. The molecule has 9 heteroatoms. The number of nitro groups is 1. The summed E-state index contributed by atoms with van der Waals surface area (Å²) < 4.78 is 27.6. The lowest BCUT2D eigenvalue weighted by molar-refractivity contribution is -0.384. The third kappa shape index (κ3) is 5.25. The Hall–Kier alpha value is -2.49. The number of sulfonamides is 1. The van der Waals surface area contributed by atoms with Gasteiger partial charge in [-0.25, -0.2) is 13.1 Å². The van der Waals surface area contributed by atoms with E-state index in [1.165, 1.54) is 24.3 Å². The first-order chi connectivity index (χ1) is 12.6. The fourth-order valence-electron chi connectivity index (χ4n) is 2.61. The molecule has 2 rings (SSSR count). The predicted octanol–water partition coefficient (Wildman–Crippen LogP) is 2.24. The van der Waals surface area contributed by atoms with E-state index in [4.69, 9.17) is 0 Å². The standard InChI is InChI=1S/C18H24N4O4S/c1-20(2)15-7-5-14(6-8-15)18(21(3)4)13-19-27(25,26)17-11-9-16(10-12-17)22(23)24/h5-12,18-19H,13H2,1-4H3/t18-/m0/s1. The van der Waals surface area contributed by atoms with Crippen LogP contribution in [0.15, 0.2) is 53.4 Å². The van der Waals surface area contributed by atoms with Gasteiger partial charge in [-0.15, -0.1) is 0 Å². The highest BCUT2D eigenvalue weighted by molar-refractivity contribution is 7.89. The summed E-state index contributed by atoms with van der Waals surface area (Å²) in [6, 6.07) is 12.6. The van der Waals surface area contributed by atoms with Crippen molar-refractivity contribution >= 4 is 21.4 Å². The van der Waals surface area contributed by atoms with E-state index in [1.807, 2.05) is 62.3 Å². The van der Waals surface area contributed by atoms with Gasteiger partial charge in [-0.2, -0.15) is 0 Å². The summed E-state index contributed by atoms with van der Waals surface area (Å²) >= 11 is 0. The smallest absolute Gasteiger partial charge is 0.269 e. The minimum absolute atomic E-state index is 0.00596. The Morgan fingerprint density at radius 2 is 1.56 bits per heavy atom. The van der Waals surface area contributed by atoms with E-state index >= 15 is 0 Å². The number of nitro benzene ring substituents is 1. The van der Waals surface area contributed by atoms with E-state index in [-0.39, 0.29) is 23.2 Å². The highest BCUT2D eigenvalue weighted by atomic mass is 32.2. The maximum atomic E-state index is 12.5. The van der Waals surface area contributed by atoms with Crippen LogP contribution in [0.1, 0.15) is 11.6 Å². The Kier molecular flexibility index (Phi) is 6.53. The first kappa shape index (κ1) is 20.8. The number of nitrogens with one attached hydrogen (secondary N) is 1. The second kappa shape index (κ2) is 8.47. The van der Waals surface area contributed by atoms with Crippen molar-refractivity contribution < 1.29 is 13.3 Å². The molecule has 1 N–H and O–H groups in total. The summed E-state index contributed by atoms with van der Waals surface area (Å²) in [5.74, 6) is 0. The lowest BCUT2D eigenvalue weighted by Crippen LogP contribution is -2.34. The van der Waals surface area contributed by atoms with E-state index in [0.29, 0.717) is 0 Å². The molecule has 0 radical (unpaired) electrons. The minimum Gasteiger partial charge on any atom is -0.378 e. The van der Waals surface area contributed by atoms with E-state index in [9.17, 15) is 18.5 Å². The summed E-state index contributed by atoms with van der Waals surface area (Å²) in [5.41, 5.74) is 1.89. The summed E-state index contributed by atoms with van der Waals surface area (Å²) in [4.78, 5) is 14.1. The predicted molar refractivity (Wildman–Crippen MR) is 105 cm³/mol. The molecule has 8 nitrogen and oxygen atoms in total. The highest BCUT2D eigenvalue weighted by Crippen LogP contribution is 2.22. The number of benzene rings is 2. The van der Waals surface area contributed by atoms with Crippen molar-refractivity contribution in [3.63, 3.8) is 0 Å². The minimum atomic E-state index is -3.77. The van der Waals surface area contributed by atoms with Gasteiger partial charge in [-0.1, -0.05) is 12.1 Å². The lowest BCUT2D eigenvalue weighted by Gasteiger charge is -2.25. The maximum Gasteiger partial charge on any atom is 0.269 e. The first-order valence-corrected chi connectivity index (χ1v) is 9.78. The third-order valence-corrected chi connectivity index (χ3v) is 5.68. The van der Waals surface area contributed by atoms with Crippen molar-refractivity contribution in [2.75, 3.05) is 39.6 Å². The van der Waals surface area contributed by atoms with Gasteiger partial charge >= 0.3 is 0 Å². The zero-order valence-corrected chi connectivity index (χ0v) is 16.6. The normalized spacial score (nSPS) is 12.8. The Morgan fingerprint density at radius 3 is 2.00 bits per heavy atom. The van der Waals surface area contributed by atoms with Gasteiger partial charge in [0.15, 0.2) is 0 Å². The molecule has 2 aromatic carbocycles. The molecule has 0 saturated heterocycles. The Balaban J connectivity index is 2.15. The molecule has 0 spiro atoms. The molecule has 0 saturated carbocycles. The average Bonchev–Trinajstić information content (AvgIpc) is 2.62. The zero-order chi connectivity index (χ0) is 20.2. The molecule has 0 fully saturated rings. The third-order valence-electron chi connectivity index (χ3n) is 4.24. The van der Waals surface area contributed by atoms with Gasteiger partial charge in [0, 0.05) is 44.5 Å². The number of nitrogens with zero attached hydrogens (tertiary/aromatic N) is 3. The van der Waals surface area contributed by atoms with Crippen LogP contribution in [-0.4, -0.2) is 53.0 Å². The largest absolute Gasteiger partial charge is 0.378 e. The maximum absolute atomic E-state index is 12.5. The van der Waals surface area contributed by atoms with Crippen LogP contribution in [0, 0.1) is 10.1 Å². The number of likely N-dealkylation sites (N-methyl/N-ethyl adjacent to an activating group) is 1.